The molecule has 0 saturated heterocycles. The molecule has 27 heavy (non-hydrogen) atoms. The summed E-state index contributed by atoms with van der Waals surface area (Å²) in [7, 11) is 1.66. The largest absolute Gasteiger partial charge is 0.507 e. The van der Waals surface area contributed by atoms with Crippen LogP contribution in [0, 0.1) is 0 Å². The number of aromatic hydroxyl groups is 1. The van der Waals surface area contributed by atoms with Crippen molar-refractivity contribution in [3.05, 3.63) is 78.4 Å². The van der Waals surface area contributed by atoms with Crippen LogP contribution in [0.4, 0.5) is 5.82 Å². The lowest BCUT2D eigenvalue weighted by Gasteiger charge is -2.12. The first kappa shape index (κ1) is 16.8. The highest BCUT2D eigenvalue weighted by atomic mass is 16.5. The summed E-state index contributed by atoms with van der Waals surface area (Å²) >= 11 is 0. The van der Waals surface area contributed by atoms with E-state index in [4.69, 9.17) is 4.74 Å². The predicted molar refractivity (Wildman–Crippen MR) is 107 cm³/mol. The quantitative estimate of drug-likeness (QED) is 0.545. The van der Waals surface area contributed by atoms with Gasteiger partial charge >= 0.3 is 0 Å². The fraction of sp³-hybridized carbons (Fsp3) is 0.0909. The zero-order chi connectivity index (χ0) is 18.6. The summed E-state index contributed by atoms with van der Waals surface area (Å²) in [5.74, 6) is 2.19. The van der Waals surface area contributed by atoms with Crippen molar-refractivity contribution in [3.63, 3.8) is 0 Å². The van der Waals surface area contributed by atoms with Gasteiger partial charge < -0.3 is 15.2 Å². The van der Waals surface area contributed by atoms with Crippen LogP contribution in [0.15, 0.2) is 72.8 Å². The molecule has 0 saturated carbocycles. The lowest BCUT2D eigenvalue weighted by atomic mass is 10.1. The van der Waals surface area contributed by atoms with Crippen molar-refractivity contribution in [2.75, 3.05) is 12.4 Å². The van der Waals surface area contributed by atoms with E-state index in [2.05, 4.69) is 15.3 Å². The van der Waals surface area contributed by atoms with E-state index in [0.717, 1.165) is 28.0 Å². The lowest BCUT2D eigenvalue weighted by Crippen LogP contribution is -2.04. The number of nitrogens with zero attached hydrogens (tertiary/aromatic N) is 2. The van der Waals surface area contributed by atoms with E-state index in [-0.39, 0.29) is 5.75 Å². The Kier molecular flexibility index (Phi) is 4.58. The highest BCUT2D eigenvalue weighted by Gasteiger charge is 2.12. The summed E-state index contributed by atoms with van der Waals surface area (Å²) in [5.41, 5.74) is 2.51. The number of nitrogens with one attached hydrogen (secondary N) is 1. The molecule has 1 aromatic heterocycles. The van der Waals surface area contributed by atoms with Crippen LogP contribution in [-0.4, -0.2) is 22.2 Å². The Morgan fingerprint density at radius 3 is 2.59 bits per heavy atom. The summed E-state index contributed by atoms with van der Waals surface area (Å²) in [4.78, 5) is 9.29. The minimum absolute atomic E-state index is 0.159. The molecule has 0 radical (unpaired) electrons. The van der Waals surface area contributed by atoms with E-state index < -0.39 is 0 Å². The second-order valence-corrected chi connectivity index (χ2v) is 6.14. The number of fused-ring (bicyclic) bond motifs is 1. The minimum atomic E-state index is 0.159. The van der Waals surface area contributed by atoms with Gasteiger partial charge in [0, 0.05) is 11.9 Å². The van der Waals surface area contributed by atoms with Crippen LogP contribution in [0.5, 0.6) is 11.5 Å². The third-order valence-corrected chi connectivity index (χ3v) is 4.34. The van der Waals surface area contributed by atoms with Gasteiger partial charge in [-0.15, -0.1) is 0 Å². The molecule has 3 aromatic carbocycles. The number of methoxy groups -OCH3 is 1. The van der Waals surface area contributed by atoms with Gasteiger partial charge in [0.15, 0.2) is 5.82 Å². The van der Waals surface area contributed by atoms with Gasteiger partial charge in [0.2, 0.25) is 0 Å². The van der Waals surface area contributed by atoms with Gasteiger partial charge in [-0.3, -0.25) is 0 Å². The normalized spacial score (nSPS) is 10.7. The number of para-hydroxylation sites is 2. The molecule has 2 N–H and O–H groups in total. The maximum Gasteiger partial charge on any atom is 0.165 e. The van der Waals surface area contributed by atoms with Crippen molar-refractivity contribution in [2.24, 2.45) is 0 Å². The van der Waals surface area contributed by atoms with Crippen molar-refractivity contribution in [1.82, 2.24) is 9.97 Å². The van der Waals surface area contributed by atoms with Crippen LogP contribution in [0.2, 0.25) is 0 Å². The number of hydrogen-bond donors (Lipinski definition) is 2. The number of phenolic OH excluding ortho intramolecular Hbond substituents is 1. The Morgan fingerprint density at radius 2 is 1.74 bits per heavy atom. The molecule has 1 heterocycles. The van der Waals surface area contributed by atoms with E-state index >= 15 is 0 Å². The van der Waals surface area contributed by atoms with Gasteiger partial charge in [0.25, 0.3) is 0 Å². The maximum absolute atomic E-state index is 10.2. The van der Waals surface area contributed by atoms with E-state index in [1.807, 2.05) is 60.7 Å². The third-order valence-electron chi connectivity index (χ3n) is 4.34. The topological polar surface area (TPSA) is 67.3 Å². The van der Waals surface area contributed by atoms with Gasteiger partial charge in [-0.25, -0.2) is 9.97 Å². The van der Waals surface area contributed by atoms with Gasteiger partial charge in [-0.2, -0.15) is 0 Å². The van der Waals surface area contributed by atoms with Crippen LogP contribution in [0.3, 0.4) is 0 Å². The first-order valence-corrected chi connectivity index (χ1v) is 8.66. The van der Waals surface area contributed by atoms with Crippen molar-refractivity contribution in [1.29, 1.82) is 0 Å². The Morgan fingerprint density at radius 1 is 0.926 bits per heavy atom. The summed E-state index contributed by atoms with van der Waals surface area (Å²) in [5, 5.41) is 14.5. The predicted octanol–water partition coefficient (Wildman–Crippen LogP) is 4.62. The SMILES string of the molecule is COc1cccc(CNc2nc(-c3ccccc3O)nc3ccccc23)c1. The highest BCUT2D eigenvalue weighted by Crippen LogP contribution is 2.30. The van der Waals surface area contributed by atoms with Crippen molar-refractivity contribution in [3.8, 4) is 22.9 Å². The fourth-order valence-electron chi connectivity index (χ4n) is 2.96. The zero-order valence-electron chi connectivity index (χ0n) is 14.9. The maximum atomic E-state index is 10.2. The average Bonchev–Trinajstić information content (AvgIpc) is 2.72. The summed E-state index contributed by atoms with van der Waals surface area (Å²) in [6.07, 6.45) is 0. The minimum Gasteiger partial charge on any atom is -0.507 e. The van der Waals surface area contributed by atoms with Gasteiger partial charge in [0.1, 0.15) is 17.3 Å². The molecule has 4 aromatic rings. The molecule has 0 spiro atoms. The van der Waals surface area contributed by atoms with Gasteiger partial charge in [-0.05, 0) is 42.0 Å². The molecule has 0 atom stereocenters. The van der Waals surface area contributed by atoms with Crippen LogP contribution in [0.1, 0.15) is 5.56 Å². The van der Waals surface area contributed by atoms with Crippen LogP contribution < -0.4 is 10.1 Å². The summed E-state index contributed by atoms with van der Waals surface area (Å²) in [6.45, 7) is 0.596. The van der Waals surface area contributed by atoms with Gasteiger partial charge in [0.05, 0.1) is 18.2 Å². The molecule has 134 valence electrons. The lowest BCUT2D eigenvalue weighted by molar-refractivity contribution is 0.414. The van der Waals surface area contributed by atoms with E-state index in [1.54, 1.807) is 19.2 Å². The second-order valence-electron chi connectivity index (χ2n) is 6.14. The highest BCUT2D eigenvalue weighted by molar-refractivity contribution is 5.90. The zero-order valence-corrected chi connectivity index (χ0v) is 14.9. The van der Waals surface area contributed by atoms with E-state index in [0.29, 0.717) is 17.9 Å². The first-order valence-electron chi connectivity index (χ1n) is 8.66. The average molecular weight is 357 g/mol. The number of aromatic nitrogens is 2. The smallest absolute Gasteiger partial charge is 0.165 e. The van der Waals surface area contributed by atoms with Crippen molar-refractivity contribution >= 4 is 16.7 Å². The second kappa shape index (κ2) is 7.33. The van der Waals surface area contributed by atoms with Crippen molar-refractivity contribution in [2.45, 2.75) is 6.54 Å². The number of ether oxygens (including phenoxy) is 1. The number of phenols is 1. The molecular formula is C22H19N3O2. The molecule has 5 nitrogen and oxygen atoms in total. The molecule has 0 unspecified atom stereocenters. The molecule has 0 fully saturated rings. The molecule has 0 aliphatic carbocycles. The number of rotatable bonds is 5. The molecule has 0 aliphatic rings. The van der Waals surface area contributed by atoms with E-state index in [9.17, 15) is 5.11 Å². The number of benzene rings is 3. The molecule has 0 aliphatic heterocycles. The monoisotopic (exact) mass is 357 g/mol. The van der Waals surface area contributed by atoms with Gasteiger partial charge in [-0.1, -0.05) is 36.4 Å². The van der Waals surface area contributed by atoms with Crippen LogP contribution >= 0.6 is 0 Å². The van der Waals surface area contributed by atoms with Crippen LogP contribution in [-0.2, 0) is 6.54 Å². The van der Waals surface area contributed by atoms with E-state index in [1.165, 1.54) is 0 Å². The van der Waals surface area contributed by atoms with Crippen LogP contribution in [0.25, 0.3) is 22.3 Å². The fourth-order valence-corrected chi connectivity index (χ4v) is 2.96. The Bertz CT molecular complexity index is 1100. The first-order chi connectivity index (χ1) is 13.2. The Labute approximate surface area is 157 Å². The number of anilines is 1. The third kappa shape index (κ3) is 3.53. The van der Waals surface area contributed by atoms with Crippen molar-refractivity contribution < 1.29 is 9.84 Å². The molecule has 0 amide bonds. The molecule has 0 bridgehead atoms. The summed E-state index contributed by atoms with van der Waals surface area (Å²) in [6, 6.07) is 22.8. The summed E-state index contributed by atoms with van der Waals surface area (Å²) < 4.78 is 5.29. The molecular weight excluding hydrogens is 338 g/mol. The standard InChI is InChI=1S/C22H19N3O2/c1-27-16-8-6-7-15(13-16)14-23-21-17-9-2-4-11-19(17)24-22(25-21)18-10-3-5-12-20(18)26/h2-13,26H,14H2,1H3,(H,23,24,25). The Hall–Kier alpha value is -3.60. The number of hydrogen-bond acceptors (Lipinski definition) is 5. The molecule has 4 rings (SSSR count). The Balaban J connectivity index is 1.73. The molecule has 5 heteroatoms.